The monoisotopic (exact) mass is 321 g/mol. The average molecular weight is 321 g/mol. The molecule has 0 rings (SSSR count). The summed E-state index contributed by atoms with van der Waals surface area (Å²) in [5.41, 5.74) is 0. The summed E-state index contributed by atoms with van der Waals surface area (Å²) < 4.78 is 35.1. The molecule has 7 nitrogen and oxygen atoms in total. The van der Waals surface area contributed by atoms with Gasteiger partial charge in [-0.3, -0.25) is 0 Å². The number of sulfonamides is 1. The van der Waals surface area contributed by atoms with E-state index >= 15 is 0 Å². The summed E-state index contributed by atoms with van der Waals surface area (Å²) in [6, 6.07) is -0.548. The van der Waals surface area contributed by atoms with Crippen LogP contribution in [0.2, 0.25) is 0 Å². The maximum atomic E-state index is 11.7. The van der Waals surface area contributed by atoms with Crippen molar-refractivity contribution in [3.8, 4) is 0 Å². The number of ether oxygens (including phenoxy) is 2. The lowest BCUT2D eigenvalue weighted by Crippen LogP contribution is -2.38. The van der Waals surface area contributed by atoms with Gasteiger partial charge >= 0.3 is 11.9 Å². The van der Waals surface area contributed by atoms with Gasteiger partial charge in [-0.05, 0) is 19.8 Å². The molecule has 0 aromatic carbocycles. The number of rotatable bonds is 9. The fourth-order valence-electron chi connectivity index (χ4n) is 1.41. The van der Waals surface area contributed by atoms with Crippen molar-refractivity contribution in [1.82, 2.24) is 4.72 Å². The molecule has 1 N–H and O–H groups in total. The molecule has 1 unspecified atom stereocenters. The highest BCUT2D eigenvalue weighted by Crippen LogP contribution is 1.99. The highest BCUT2D eigenvalue weighted by molar-refractivity contribution is 7.89. The van der Waals surface area contributed by atoms with Crippen LogP contribution in [0.3, 0.4) is 0 Å². The van der Waals surface area contributed by atoms with E-state index in [0.717, 1.165) is 12.2 Å². The Bertz CT molecular complexity index is 469. The molecule has 0 saturated carbocycles. The zero-order chi connectivity index (χ0) is 16.5. The fourth-order valence-corrected chi connectivity index (χ4v) is 3.06. The SMILES string of the molecule is CCOC(=O)/C=C/C(=O)OCC(C)NS(=O)(=O)CC(C)C. The van der Waals surface area contributed by atoms with E-state index in [9.17, 15) is 18.0 Å². The molecule has 21 heavy (non-hydrogen) atoms. The van der Waals surface area contributed by atoms with Gasteiger partial charge in [-0.2, -0.15) is 0 Å². The van der Waals surface area contributed by atoms with E-state index in [2.05, 4.69) is 9.46 Å². The summed E-state index contributed by atoms with van der Waals surface area (Å²) in [6.45, 7) is 6.92. The molecular weight excluding hydrogens is 298 g/mol. The molecule has 0 aromatic rings. The summed E-state index contributed by atoms with van der Waals surface area (Å²) in [5.74, 6) is -1.36. The first-order chi connectivity index (χ1) is 9.66. The smallest absolute Gasteiger partial charge is 0.331 e. The minimum absolute atomic E-state index is 0.00441. The lowest BCUT2D eigenvalue weighted by Gasteiger charge is -2.15. The van der Waals surface area contributed by atoms with E-state index in [1.54, 1.807) is 27.7 Å². The zero-order valence-electron chi connectivity index (χ0n) is 12.8. The number of carbonyl (C=O) groups is 2. The lowest BCUT2D eigenvalue weighted by atomic mass is 10.3. The van der Waals surface area contributed by atoms with Crippen molar-refractivity contribution in [2.75, 3.05) is 19.0 Å². The van der Waals surface area contributed by atoms with Crippen LogP contribution in [-0.2, 0) is 29.1 Å². The predicted octanol–water partition coefficient (Wildman–Crippen LogP) is 0.613. The van der Waals surface area contributed by atoms with Crippen molar-refractivity contribution >= 4 is 22.0 Å². The molecule has 0 fully saturated rings. The van der Waals surface area contributed by atoms with Crippen LogP contribution in [0.4, 0.5) is 0 Å². The normalized spacial score (nSPS) is 13.4. The Morgan fingerprint density at radius 3 is 2.10 bits per heavy atom. The van der Waals surface area contributed by atoms with Crippen LogP contribution < -0.4 is 4.72 Å². The number of nitrogens with one attached hydrogen (secondary N) is 1. The van der Waals surface area contributed by atoms with Gasteiger partial charge in [0.05, 0.1) is 18.4 Å². The fraction of sp³-hybridized carbons (Fsp3) is 0.692. The highest BCUT2D eigenvalue weighted by Gasteiger charge is 2.17. The van der Waals surface area contributed by atoms with Gasteiger partial charge in [-0.15, -0.1) is 0 Å². The van der Waals surface area contributed by atoms with Gasteiger partial charge in [0.1, 0.15) is 6.61 Å². The first kappa shape index (κ1) is 19.6. The second kappa shape index (κ2) is 9.51. The second-order valence-corrected chi connectivity index (χ2v) is 6.71. The van der Waals surface area contributed by atoms with Crippen LogP contribution in [-0.4, -0.2) is 45.4 Å². The Hall–Kier alpha value is -1.41. The van der Waals surface area contributed by atoms with E-state index in [1.807, 2.05) is 0 Å². The predicted molar refractivity (Wildman–Crippen MR) is 78.0 cm³/mol. The van der Waals surface area contributed by atoms with Gasteiger partial charge < -0.3 is 9.47 Å². The van der Waals surface area contributed by atoms with Crippen LogP contribution in [0.25, 0.3) is 0 Å². The molecule has 0 aliphatic heterocycles. The molecule has 0 bridgehead atoms. The Morgan fingerprint density at radius 2 is 1.62 bits per heavy atom. The van der Waals surface area contributed by atoms with Crippen LogP contribution in [0, 0.1) is 5.92 Å². The van der Waals surface area contributed by atoms with E-state index in [-0.39, 0.29) is 24.9 Å². The summed E-state index contributed by atoms with van der Waals surface area (Å²) >= 11 is 0. The number of hydrogen-bond donors (Lipinski definition) is 1. The molecule has 0 heterocycles. The van der Waals surface area contributed by atoms with Crippen LogP contribution in [0.1, 0.15) is 27.7 Å². The van der Waals surface area contributed by atoms with E-state index in [0.29, 0.717) is 0 Å². The Morgan fingerprint density at radius 1 is 1.10 bits per heavy atom. The Kier molecular flexibility index (Phi) is 8.87. The van der Waals surface area contributed by atoms with Crippen LogP contribution >= 0.6 is 0 Å². The molecule has 8 heteroatoms. The van der Waals surface area contributed by atoms with Gasteiger partial charge in [0.15, 0.2) is 0 Å². The van der Waals surface area contributed by atoms with Crippen LogP contribution in [0.15, 0.2) is 12.2 Å². The third-order valence-electron chi connectivity index (χ3n) is 2.05. The van der Waals surface area contributed by atoms with E-state index in [4.69, 9.17) is 4.74 Å². The molecule has 122 valence electrons. The topological polar surface area (TPSA) is 98.8 Å². The van der Waals surface area contributed by atoms with E-state index in [1.165, 1.54) is 0 Å². The molecule has 0 aliphatic rings. The molecule has 0 radical (unpaired) electrons. The molecule has 0 aromatic heterocycles. The molecule has 0 saturated heterocycles. The standard InChI is InChI=1S/C13H23NO6S/c1-5-19-12(15)6-7-13(16)20-8-11(4)14-21(17,18)9-10(2)3/h6-7,10-11,14H,5,8-9H2,1-4H3/b7-6+. The lowest BCUT2D eigenvalue weighted by molar-refractivity contribution is -0.140. The van der Waals surface area contributed by atoms with Crippen molar-refractivity contribution in [3.05, 3.63) is 12.2 Å². The maximum Gasteiger partial charge on any atom is 0.331 e. The summed E-state index contributed by atoms with van der Waals surface area (Å²) in [4.78, 5) is 22.3. The quantitative estimate of drug-likeness (QED) is 0.493. The highest BCUT2D eigenvalue weighted by atomic mass is 32.2. The van der Waals surface area contributed by atoms with Gasteiger partial charge in [-0.25, -0.2) is 22.7 Å². The van der Waals surface area contributed by atoms with Gasteiger partial charge in [0.25, 0.3) is 0 Å². The van der Waals surface area contributed by atoms with Crippen LogP contribution in [0.5, 0.6) is 0 Å². The molecule has 1 atom stereocenters. The summed E-state index contributed by atoms with van der Waals surface area (Å²) in [7, 11) is -3.39. The summed E-state index contributed by atoms with van der Waals surface area (Å²) in [6.07, 6.45) is 1.90. The van der Waals surface area contributed by atoms with Gasteiger partial charge in [0.2, 0.25) is 10.0 Å². The first-order valence-electron chi connectivity index (χ1n) is 6.67. The minimum atomic E-state index is -3.39. The maximum absolute atomic E-state index is 11.7. The van der Waals surface area contributed by atoms with Crippen molar-refractivity contribution in [2.24, 2.45) is 5.92 Å². The van der Waals surface area contributed by atoms with E-state index < -0.39 is 28.0 Å². The Balaban J connectivity index is 4.16. The first-order valence-corrected chi connectivity index (χ1v) is 8.33. The minimum Gasteiger partial charge on any atom is -0.463 e. The van der Waals surface area contributed by atoms with Crippen molar-refractivity contribution in [2.45, 2.75) is 33.7 Å². The number of hydrogen-bond acceptors (Lipinski definition) is 6. The molecule has 0 aliphatic carbocycles. The van der Waals surface area contributed by atoms with Crippen molar-refractivity contribution in [1.29, 1.82) is 0 Å². The number of carbonyl (C=O) groups excluding carboxylic acids is 2. The molecule has 0 amide bonds. The zero-order valence-corrected chi connectivity index (χ0v) is 13.6. The Labute approximate surface area is 125 Å². The second-order valence-electron chi connectivity index (χ2n) is 4.91. The molecular formula is C13H23NO6S. The van der Waals surface area contributed by atoms with Crippen molar-refractivity contribution in [3.63, 3.8) is 0 Å². The summed E-state index contributed by atoms with van der Waals surface area (Å²) in [5, 5.41) is 0. The van der Waals surface area contributed by atoms with Gasteiger partial charge in [-0.1, -0.05) is 13.8 Å². The van der Waals surface area contributed by atoms with Gasteiger partial charge in [0, 0.05) is 12.2 Å². The number of esters is 2. The third kappa shape index (κ3) is 11.0. The average Bonchev–Trinajstić information content (AvgIpc) is 2.32. The largest absolute Gasteiger partial charge is 0.463 e. The third-order valence-corrected chi connectivity index (χ3v) is 3.92. The molecule has 0 spiro atoms. The van der Waals surface area contributed by atoms with Crippen molar-refractivity contribution < 1.29 is 27.5 Å².